The summed E-state index contributed by atoms with van der Waals surface area (Å²) in [5.74, 6) is -0.797. The van der Waals surface area contributed by atoms with E-state index < -0.39 is 12.0 Å². The van der Waals surface area contributed by atoms with Gasteiger partial charge in [0.25, 0.3) is 0 Å². The van der Waals surface area contributed by atoms with Gasteiger partial charge in [-0.1, -0.05) is 35.9 Å². The maximum absolute atomic E-state index is 13.5. The van der Waals surface area contributed by atoms with E-state index in [0.29, 0.717) is 39.2 Å². The number of aromatic nitrogens is 3. The molecular weight excluding hydrogens is 480 g/mol. The van der Waals surface area contributed by atoms with Gasteiger partial charge in [-0.25, -0.2) is 9.78 Å². The fraction of sp³-hybridized carbons (Fsp3) is 0.185. The Bertz CT molecular complexity index is 1740. The molecule has 0 aliphatic heterocycles. The summed E-state index contributed by atoms with van der Waals surface area (Å²) in [6.45, 7) is 5.51. The Kier molecular flexibility index (Phi) is 5.76. The number of nitrogens with zero attached hydrogens (tertiary/aromatic N) is 3. The number of para-hydroxylation sites is 1. The Morgan fingerprint density at radius 3 is 2.64 bits per heavy atom. The smallest absolute Gasteiger partial charge is 0.356 e. The van der Waals surface area contributed by atoms with E-state index in [1.807, 2.05) is 51.2 Å². The third-order valence-electron chi connectivity index (χ3n) is 6.27. The van der Waals surface area contributed by atoms with Gasteiger partial charge in [0.15, 0.2) is 16.9 Å². The fourth-order valence-corrected chi connectivity index (χ4v) is 4.67. The monoisotopic (exact) mass is 502 g/mol. The van der Waals surface area contributed by atoms with Crippen LogP contribution in [0.1, 0.15) is 40.1 Å². The van der Waals surface area contributed by atoms with Crippen molar-refractivity contribution in [1.29, 1.82) is 0 Å². The van der Waals surface area contributed by atoms with Crippen LogP contribution in [0.5, 0.6) is 0 Å². The number of nitrogens with one attached hydrogen (secondary N) is 1. The van der Waals surface area contributed by atoms with Crippen LogP contribution in [0.2, 0.25) is 5.15 Å². The van der Waals surface area contributed by atoms with Gasteiger partial charge >= 0.3 is 5.97 Å². The molecule has 3 aromatic heterocycles. The Labute approximate surface area is 211 Å². The lowest BCUT2D eigenvalue weighted by Gasteiger charge is -2.19. The second-order valence-corrected chi connectivity index (χ2v) is 9.19. The highest BCUT2D eigenvalue weighted by molar-refractivity contribution is 6.29. The van der Waals surface area contributed by atoms with E-state index in [-0.39, 0.29) is 16.3 Å². The summed E-state index contributed by atoms with van der Waals surface area (Å²) in [4.78, 5) is 29.2. The third kappa shape index (κ3) is 3.89. The molecule has 2 aromatic carbocycles. The van der Waals surface area contributed by atoms with Gasteiger partial charge in [-0.15, -0.1) is 0 Å². The largest absolute Gasteiger partial charge is 0.476 e. The first-order chi connectivity index (χ1) is 17.2. The van der Waals surface area contributed by atoms with Crippen molar-refractivity contribution in [3.63, 3.8) is 0 Å². The van der Waals surface area contributed by atoms with Crippen molar-refractivity contribution in [3.8, 4) is 11.5 Å². The first-order valence-corrected chi connectivity index (χ1v) is 11.7. The Morgan fingerprint density at radius 1 is 1.14 bits per heavy atom. The van der Waals surface area contributed by atoms with Crippen LogP contribution in [0.4, 0.5) is 5.69 Å². The number of hydrogen-bond acceptors (Lipinski definition) is 6. The topological polar surface area (TPSA) is 110 Å². The number of rotatable bonds is 5. The third-order valence-corrected chi connectivity index (χ3v) is 6.48. The first kappa shape index (κ1) is 23.6. The SMILES string of the molecule is Cc1cc([C@@H](C)Nc2ccc(Cl)nc2C(=O)O)c2oc(-c3nn(C)c4ccccc34)c(C)c(=O)c2c1. The van der Waals surface area contributed by atoms with Crippen LogP contribution in [0.25, 0.3) is 33.3 Å². The number of carbonyl (C=O) groups is 1. The Hall–Kier alpha value is -4.17. The summed E-state index contributed by atoms with van der Waals surface area (Å²) in [7, 11) is 1.85. The highest BCUT2D eigenvalue weighted by Gasteiger charge is 2.23. The van der Waals surface area contributed by atoms with Gasteiger partial charge in [-0.3, -0.25) is 9.48 Å². The standard InChI is InChI=1S/C27H23ClN4O4/c1-13-11-17(15(3)29-19-9-10-21(28)30-23(19)27(34)35)26-18(12-13)24(33)14(2)25(36-26)22-16-7-5-6-8-20(16)32(4)31-22/h5-12,15,29H,1-4H3,(H,34,35)/t15-/m1/s1. The average molecular weight is 503 g/mol. The number of aromatic carboxylic acids is 1. The maximum atomic E-state index is 13.5. The number of anilines is 1. The molecular formula is C27H23ClN4O4. The van der Waals surface area contributed by atoms with Gasteiger partial charge in [0, 0.05) is 23.6 Å². The number of fused-ring (bicyclic) bond motifs is 2. The minimum atomic E-state index is -1.20. The van der Waals surface area contributed by atoms with Crippen molar-refractivity contribution in [1.82, 2.24) is 14.8 Å². The molecule has 0 aliphatic rings. The van der Waals surface area contributed by atoms with Crippen molar-refractivity contribution in [2.75, 3.05) is 5.32 Å². The van der Waals surface area contributed by atoms with E-state index in [4.69, 9.17) is 16.0 Å². The van der Waals surface area contributed by atoms with Crippen LogP contribution in [-0.2, 0) is 7.05 Å². The van der Waals surface area contributed by atoms with Gasteiger partial charge in [0.2, 0.25) is 0 Å². The quantitative estimate of drug-likeness (QED) is 0.288. The van der Waals surface area contributed by atoms with Crippen LogP contribution in [0.3, 0.4) is 0 Å². The summed E-state index contributed by atoms with van der Waals surface area (Å²) < 4.78 is 8.21. The normalized spacial score (nSPS) is 12.2. The summed E-state index contributed by atoms with van der Waals surface area (Å²) in [5.41, 5.74) is 3.95. The number of carboxylic acid groups (broad SMARTS) is 1. The zero-order chi connectivity index (χ0) is 25.7. The molecule has 0 saturated heterocycles. The molecule has 0 aliphatic carbocycles. The molecule has 0 amide bonds. The lowest BCUT2D eigenvalue weighted by molar-refractivity contribution is 0.0691. The first-order valence-electron chi connectivity index (χ1n) is 11.3. The number of hydrogen-bond donors (Lipinski definition) is 2. The second kappa shape index (κ2) is 8.80. The molecule has 5 rings (SSSR count). The van der Waals surface area contributed by atoms with Gasteiger partial charge in [-0.05, 0) is 50.6 Å². The summed E-state index contributed by atoms with van der Waals surface area (Å²) in [6.07, 6.45) is 0. The maximum Gasteiger partial charge on any atom is 0.356 e. The molecule has 9 heteroatoms. The zero-order valence-corrected chi connectivity index (χ0v) is 20.8. The van der Waals surface area contributed by atoms with Crippen LogP contribution in [-0.4, -0.2) is 25.8 Å². The number of pyridine rings is 1. The Balaban J connectivity index is 1.71. The van der Waals surface area contributed by atoms with E-state index in [2.05, 4.69) is 15.4 Å². The molecule has 0 spiro atoms. The lowest BCUT2D eigenvalue weighted by atomic mass is 9.99. The molecule has 0 bridgehead atoms. The Morgan fingerprint density at radius 2 is 1.89 bits per heavy atom. The minimum absolute atomic E-state index is 0.0836. The van der Waals surface area contributed by atoms with E-state index in [1.165, 1.54) is 6.07 Å². The molecule has 1 atom stereocenters. The van der Waals surface area contributed by atoms with E-state index >= 15 is 0 Å². The van der Waals surface area contributed by atoms with E-state index in [1.54, 1.807) is 23.7 Å². The number of halogens is 1. The summed E-state index contributed by atoms with van der Waals surface area (Å²) in [5, 5.41) is 18.8. The van der Waals surface area contributed by atoms with Crippen molar-refractivity contribution in [2.24, 2.45) is 7.05 Å². The molecule has 2 N–H and O–H groups in total. The zero-order valence-electron chi connectivity index (χ0n) is 20.1. The average Bonchev–Trinajstić information content (AvgIpc) is 3.18. The molecule has 0 fully saturated rings. The minimum Gasteiger partial charge on any atom is -0.476 e. The fourth-order valence-electron chi connectivity index (χ4n) is 4.52. The van der Waals surface area contributed by atoms with Crippen LogP contribution in [0, 0.1) is 13.8 Å². The van der Waals surface area contributed by atoms with Gasteiger partial charge in [-0.2, -0.15) is 5.10 Å². The molecule has 0 radical (unpaired) electrons. The highest BCUT2D eigenvalue weighted by atomic mass is 35.5. The number of benzene rings is 2. The molecule has 0 saturated carbocycles. The molecule has 8 nitrogen and oxygen atoms in total. The van der Waals surface area contributed by atoms with Crippen LogP contribution in [0.15, 0.2) is 57.7 Å². The van der Waals surface area contributed by atoms with Crippen molar-refractivity contribution in [3.05, 3.63) is 86.3 Å². The van der Waals surface area contributed by atoms with Crippen molar-refractivity contribution in [2.45, 2.75) is 26.8 Å². The van der Waals surface area contributed by atoms with Gasteiger partial charge < -0.3 is 14.8 Å². The summed E-state index contributed by atoms with van der Waals surface area (Å²) >= 11 is 5.90. The van der Waals surface area contributed by atoms with Crippen LogP contribution >= 0.6 is 11.6 Å². The second-order valence-electron chi connectivity index (χ2n) is 8.81. The van der Waals surface area contributed by atoms with Crippen molar-refractivity contribution < 1.29 is 14.3 Å². The summed E-state index contributed by atoms with van der Waals surface area (Å²) in [6, 6.07) is 14.1. The number of aryl methyl sites for hydroxylation is 2. The van der Waals surface area contributed by atoms with Crippen molar-refractivity contribution >= 4 is 45.1 Å². The molecule has 3 heterocycles. The lowest BCUT2D eigenvalue weighted by Crippen LogP contribution is -2.14. The molecule has 36 heavy (non-hydrogen) atoms. The predicted molar refractivity (Wildman–Crippen MR) is 140 cm³/mol. The molecule has 0 unspecified atom stereocenters. The van der Waals surface area contributed by atoms with Gasteiger partial charge in [0.05, 0.1) is 22.6 Å². The predicted octanol–water partition coefficient (Wildman–Crippen LogP) is 5.88. The molecule has 5 aromatic rings. The molecule has 182 valence electrons. The van der Waals surface area contributed by atoms with E-state index in [9.17, 15) is 14.7 Å². The van der Waals surface area contributed by atoms with E-state index in [0.717, 1.165) is 16.5 Å². The van der Waals surface area contributed by atoms with Crippen LogP contribution < -0.4 is 10.7 Å². The van der Waals surface area contributed by atoms with Gasteiger partial charge in [0.1, 0.15) is 16.4 Å². The highest BCUT2D eigenvalue weighted by Crippen LogP contribution is 2.34. The number of carboxylic acids is 1.